The van der Waals surface area contributed by atoms with E-state index in [9.17, 15) is 4.79 Å². The van der Waals surface area contributed by atoms with Crippen LogP contribution in [0.1, 0.15) is 33.8 Å². The first-order chi connectivity index (χ1) is 13.2. The molecule has 0 spiro atoms. The van der Waals surface area contributed by atoms with Gasteiger partial charge in [0, 0.05) is 36.6 Å². The summed E-state index contributed by atoms with van der Waals surface area (Å²) in [5, 5.41) is 11.8. The third kappa shape index (κ3) is 3.34. The third-order valence-corrected chi connectivity index (χ3v) is 5.93. The molecule has 2 aromatic heterocycles. The van der Waals surface area contributed by atoms with Gasteiger partial charge in [0.1, 0.15) is 16.4 Å². The van der Waals surface area contributed by atoms with E-state index >= 15 is 0 Å². The standard InChI is InChI=1S/C19H18N4O3S/c24-17(23-25)13-1-3-14(4-2-13)19(5-9-26-10-6-19)18-22-16(12-27-18)15-11-20-7-8-21-15/h1-4,7-8,11-12,25H,5-6,9-10H2,(H,23,24). The lowest BCUT2D eigenvalue weighted by molar-refractivity contribution is 0.0629. The summed E-state index contributed by atoms with van der Waals surface area (Å²) in [6, 6.07) is 7.29. The van der Waals surface area contributed by atoms with Crippen LogP contribution < -0.4 is 5.48 Å². The normalized spacial score (nSPS) is 16.0. The lowest BCUT2D eigenvalue weighted by atomic mass is 9.74. The Labute approximate surface area is 160 Å². The van der Waals surface area contributed by atoms with Crippen LogP contribution in [0.2, 0.25) is 0 Å². The highest BCUT2D eigenvalue weighted by atomic mass is 32.1. The number of rotatable bonds is 4. The molecule has 3 aromatic rings. The van der Waals surface area contributed by atoms with E-state index in [1.54, 1.807) is 47.5 Å². The molecule has 1 aliphatic heterocycles. The Morgan fingerprint density at radius 3 is 2.59 bits per heavy atom. The van der Waals surface area contributed by atoms with Crippen molar-refractivity contribution in [2.75, 3.05) is 13.2 Å². The smallest absolute Gasteiger partial charge is 0.274 e. The molecule has 0 bridgehead atoms. The van der Waals surface area contributed by atoms with Crippen molar-refractivity contribution in [3.63, 3.8) is 0 Å². The maximum Gasteiger partial charge on any atom is 0.274 e. The van der Waals surface area contributed by atoms with Gasteiger partial charge in [-0.05, 0) is 30.5 Å². The van der Waals surface area contributed by atoms with Crippen molar-refractivity contribution in [1.82, 2.24) is 20.4 Å². The Kier molecular flexibility index (Phi) is 4.93. The average Bonchev–Trinajstić information content (AvgIpc) is 3.25. The van der Waals surface area contributed by atoms with E-state index in [-0.39, 0.29) is 5.41 Å². The summed E-state index contributed by atoms with van der Waals surface area (Å²) in [7, 11) is 0. The van der Waals surface area contributed by atoms with E-state index in [1.807, 2.05) is 17.5 Å². The van der Waals surface area contributed by atoms with E-state index in [2.05, 4.69) is 9.97 Å². The molecule has 4 rings (SSSR count). The second kappa shape index (κ2) is 7.51. The zero-order chi connectivity index (χ0) is 18.7. The van der Waals surface area contributed by atoms with Gasteiger partial charge < -0.3 is 4.74 Å². The molecular weight excluding hydrogens is 364 g/mol. The maximum atomic E-state index is 11.6. The highest BCUT2D eigenvalue weighted by Crippen LogP contribution is 2.43. The van der Waals surface area contributed by atoms with Gasteiger partial charge in [-0.15, -0.1) is 11.3 Å². The van der Waals surface area contributed by atoms with Crippen molar-refractivity contribution < 1.29 is 14.7 Å². The van der Waals surface area contributed by atoms with Crippen molar-refractivity contribution >= 4 is 17.2 Å². The molecule has 0 unspecified atom stereocenters. The summed E-state index contributed by atoms with van der Waals surface area (Å²) in [6.07, 6.45) is 6.63. The highest BCUT2D eigenvalue weighted by molar-refractivity contribution is 7.10. The van der Waals surface area contributed by atoms with Crippen LogP contribution in [-0.4, -0.2) is 39.3 Å². The number of hydrogen-bond acceptors (Lipinski definition) is 7. The summed E-state index contributed by atoms with van der Waals surface area (Å²) in [5.74, 6) is -0.526. The van der Waals surface area contributed by atoms with Crippen molar-refractivity contribution in [3.8, 4) is 11.4 Å². The van der Waals surface area contributed by atoms with Crippen LogP contribution in [0.15, 0.2) is 48.2 Å². The number of ether oxygens (including phenoxy) is 1. The fraction of sp³-hybridized carbons (Fsp3) is 0.263. The quantitative estimate of drug-likeness (QED) is 0.532. The Morgan fingerprint density at radius 2 is 1.93 bits per heavy atom. The molecule has 0 saturated carbocycles. The average molecular weight is 382 g/mol. The van der Waals surface area contributed by atoms with E-state index in [4.69, 9.17) is 14.9 Å². The van der Waals surface area contributed by atoms with E-state index in [0.717, 1.165) is 34.8 Å². The first-order valence-electron chi connectivity index (χ1n) is 8.58. The fourth-order valence-corrected chi connectivity index (χ4v) is 4.49. The van der Waals surface area contributed by atoms with Crippen LogP contribution in [0.5, 0.6) is 0 Å². The van der Waals surface area contributed by atoms with Crippen LogP contribution in [0, 0.1) is 0 Å². The van der Waals surface area contributed by atoms with Gasteiger partial charge in [-0.3, -0.25) is 20.0 Å². The van der Waals surface area contributed by atoms with Gasteiger partial charge in [0.25, 0.3) is 5.91 Å². The topological polar surface area (TPSA) is 97.2 Å². The number of nitrogens with one attached hydrogen (secondary N) is 1. The summed E-state index contributed by atoms with van der Waals surface area (Å²) in [5.41, 5.74) is 4.44. The second-order valence-electron chi connectivity index (χ2n) is 6.34. The minimum atomic E-state index is -0.526. The van der Waals surface area contributed by atoms with Crippen LogP contribution in [0.4, 0.5) is 0 Å². The molecule has 0 aliphatic carbocycles. The lowest BCUT2D eigenvalue weighted by Gasteiger charge is -2.36. The number of carbonyl (C=O) groups is 1. The predicted molar refractivity (Wildman–Crippen MR) is 99.7 cm³/mol. The van der Waals surface area contributed by atoms with Crippen molar-refractivity contribution in [2.45, 2.75) is 18.3 Å². The second-order valence-corrected chi connectivity index (χ2v) is 7.20. The van der Waals surface area contributed by atoms with Crippen molar-refractivity contribution in [1.29, 1.82) is 0 Å². The molecule has 0 atom stereocenters. The van der Waals surface area contributed by atoms with Gasteiger partial charge >= 0.3 is 0 Å². The number of aromatic nitrogens is 3. The van der Waals surface area contributed by atoms with Crippen LogP contribution in [0.25, 0.3) is 11.4 Å². The summed E-state index contributed by atoms with van der Waals surface area (Å²) in [4.78, 5) is 24.9. The number of nitrogens with zero attached hydrogens (tertiary/aromatic N) is 3. The zero-order valence-corrected chi connectivity index (χ0v) is 15.3. The van der Waals surface area contributed by atoms with E-state index < -0.39 is 5.91 Å². The molecule has 3 heterocycles. The van der Waals surface area contributed by atoms with E-state index in [1.165, 1.54) is 0 Å². The number of thiazole rings is 1. The fourth-order valence-electron chi connectivity index (χ4n) is 3.39. The highest BCUT2D eigenvalue weighted by Gasteiger charge is 2.39. The first kappa shape index (κ1) is 17.7. The minimum absolute atomic E-state index is 0.266. The Balaban J connectivity index is 1.73. The molecule has 138 valence electrons. The van der Waals surface area contributed by atoms with Crippen molar-refractivity contribution in [2.24, 2.45) is 0 Å². The molecule has 1 aliphatic rings. The van der Waals surface area contributed by atoms with Gasteiger partial charge in [-0.25, -0.2) is 10.5 Å². The molecule has 7 nitrogen and oxygen atoms in total. The van der Waals surface area contributed by atoms with Crippen LogP contribution >= 0.6 is 11.3 Å². The molecule has 0 radical (unpaired) electrons. The number of hydrogen-bond donors (Lipinski definition) is 2. The Morgan fingerprint density at radius 1 is 1.15 bits per heavy atom. The van der Waals surface area contributed by atoms with Gasteiger partial charge in [-0.1, -0.05) is 12.1 Å². The van der Waals surface area contributed by atoms with Crippen LogP contribution in [0.3, 0.4) is 0 Å². The molecule has 2 N–H and O–H groups in total. The minimum Gasteiger partial charge on any atom is -0.381 e. The number of benzene rings is 1. The summed E-state index contributed by atoms with van der Waals surface area (Å²) >= 11 is 1.61. The van der Waals surface area contributed by atoms with Gasteiger partial charge in [0.05, 0.1) is 11.6 Å². The molecule has 1 aromatic carbocycles. The van der Waals surface area contributed by atoms with Crippen molar-refractivity contribution in [3.05, 3.63) is 64.4 Å². The SMILES string of the molecule is O=C(NO)c1ccc(C2(c3nc(-c4cnccn4)cs3)CCOCC2)cc1. The van der Waals surface area contributed by atoms with E-state index in [0.29, 0.717) is 18.8 Å². The molecule has 27 heavy (non-hydrogen) atoms. The molecule has 1 fully saturated rings. The Bertz CT molecular complexity index is 922. The summed E-state index contributed by atoms with van der Waals surface area (Å²) in [6.45, 7) is 1.30. The Hall–Kier alpha value is -2.68. The molecular formula is C19H18N4O3S. The third-order valence-electron chi connectivity index (χ3n) is 4.89. The molecule has 1 saturated heterocycles. The predicted octanol–water partition coefficient (Wildman–Crippen LogP) is 2.82. The van der Waals surface area contributed by atoms with Gasteiger partial charge in [0.2, 0.25) is 0 Å². The zero-order valence-electron chi connectivity index (χ0n) is 14.5. The number of amides is 1. The first-order valence-corrected chi connectivity index (χ1v) is 9.46. The number of carbonyl (C=O) groups excluding carboxylic acids is 1. The number of hydroxylamine groups is 1. The van der Waals surface area contributed by atoms with Gasteiger partial charge in [-0.2, -0.15) is 0 Å². The summed E-state index contributed by atoms with van der Waals surface area (Å²) < 4.78 is 5.60. The largest absolute Gasteiger partial charge is 0.381 e. The lowest BCUT2D eigenvalue weighted by Crippen LogP contribution is -2.35. The molecule has 8 heteroatoms. The van der Waals surface area contributed by atoms with Gasteiger partial charge in [0.15, 0.2) is 0 Å². The monoisotopic (exact) mass is 382 g/mol. The maximum absolute atomic E-state index is 11.6. The van der Waals surface area contributed by atoms with Crippen LogP contribution in [-0.2, 0) is 10.2 Å². The molecule has 1 amide bonds.